The van der Waals surface area contributed by atoms with Crippen molar-refractivity contribution in [1.29, 1.82) is 0 Å². The number of ketones is 1. The van der Waals surface area contributed by atoms with Gasteiger partial charge in [-0.3, -0.25) is 4.79 Å². The molecule has 3 atom stereocenters. The van der Waals surface area contributed by atoms with E-state index in [-0.39, 0.29) is 18.1 Å². The van der Waals surface area contributed by atoms with E-state index in [1.54, 1.807) is 0 Å². The van der Waals surface area contributed by atoms with E-state index in [1.807, 2.05) is 26.0 Å². The van der Waals surface area contributed by atoms with Crippen LogP contribution in [0.25, 0.3) is 0 Å². The van der Waals surface area contributed by atoms with Crippen LogP contribution in [0.1, 0.15) is 13.8 Å². The molecule has 4 heteroatoms. The predicted molar refractivity (Wildman–Crippen MR) is 78.5 cm³/mol. The van der Waals surface area contributed by atoms with Gasteiger partial charge in [-0.05, 0) is 17.7 Å². The third-order valence-corrected chi connectivity index (χ3v) is 6.00. The highest BCUT2D eigenvalue weighted by molar-refractivity contribution is 6.87. The Morgan fingerprint density at radius 3 is 2.68 bits per heavy atom. The SMILES string of the molecule is C/C=C/CO[C@H]1OC[C@H]2C1=C([Si](C)(C)C)C(=O)[C@@H]2C. The molecule has 2 aliphatic rings. The molecule has 0 radical (unpaired) electrons. The summed E-state index contributed by atoms with van der Waals surface area (Å²) in [4.78, 5) is 12.5. The molecule has 106 valence electrons. The fraction of sp³-hybridized carbons (Fsp3) is 0.667. The first-order valence-corrected chi connectivity index (χ1v) is 10.5. The second kappa shape index (κ2) is 5.35. The largest absolute Gasteiger partial charge is 0.348 e. The van der Waals surface area contributed by atoms with Crippen LogP contribution in [-0.2, 0) is 14.3 Å². The van der Waals surface area contributed by atoms with Gasteiger partial charge in [0.1, 0.15) is 0 Å². The number of allylic oxidation sites excluding steroid dienone is 2. The Hall–Kier alpha value is -0.713. The van der Waals surface area contributed by atoms with Crippen molar-refractivity contribution in [2.24, 2.45) is 11.8 Å². The lowest BCUT2D eigenvalue weighted by Gasteiger charge is -2.21. The highest BCUT2D eigenvalue weighted by atomic mass is 28.3. The Morgan fingerprint density at radius 2 is 2.11 bits per heavy atom. The summed E-state index contributed by atoms with van der Waals surface area (Å²) in [7, 11) is -1.65. The number of ether oxygens (including phenoxy) is 2. The van der Waals surface area contributed by atoms with Gasteiger partial charge in [0.25, 0.3) is 0 Å². The van der Waals surface area contributed by atoms with Crippen LogP contribution < -0.4 is 0 Å². The molecule has 0 amide bonds. The van der Waals surface area contributed by atoms with Crippen molar-refractivity contribution >= 4 is 13.9 Å². The molecule has 0 bridgehead atoms. The highest BCUT2D eigenvalue weighted by Gasteiger charge is 2.50. The zero-order valence-electron chi connectivity index (χ0n) is 12.5. The topological polar surface area (TPSA) is 35.5 Å². The quantitative estimate of drug-likeness (QED) is 0.587. The second-order valence-electron chi connectivity index (χ2n) is 6.41. The fourth-order valence-electron chi connectivity index (χ4n) is 2.99. The number of Topliss-reactive ketones (excluding diaryl/α,β-unsaturated/α-hetero) is 1. The minimum absolute atomic E-state index is 0.0621. The molecule has 0 saturated carbocycles. The molecular weight excluding hydrogens is 256 g/mol. The number of carbonyl (C=O) groups excluding carboxylic acids is 1. The molecule has 1 aliphatic heterocycles. The van der Waals surface area contributed by atoms with Gasteiger partial charge >= 0.3 is 0 Å². The van der Waals surface area contributed by atoms with E-state index in [1.165, 1.54) is 0 Å². The lowest BCUT2D eigenvalue weighted by atomic mass is 9.95. The second-order valence-corrected chi connectivity index (χ2v) is 11.4. The van der Waals surface area contributed by atoms with Crippen molar-refractivity contribution in [3.05, 3.63) is 22.9 Å². The van der Waals surface area contributed by atoms with Gasteiger partial charge in [-0.1, -0.05) is 38.7 Å². The number of carbonyl (C=O) groups is 1. The van der Waals surface area contributed by atoms with Crippen molar-refractivity contribution in [3.63, 3.8) is 0 Å². The summed E-state index contributed by atoms with van der Waals surface area (Å²) >= 11 is 0. The molecule has 1 aliphatic carbocycles. The minimum Gasteiger partial charge on any atom is -0.348 e. The molecule has 1 saturated heterocycles. The van der Waals surface area contributed by atoms with Crippen LogP contribution in [0.15, 0.2) is 22.9 Å². The maximum atomic E-state index is 12.5. The lowest BCUT2D eigenvalue weighted by Crippen LogP contribution is -2.31. The average molecular weight is 280 g/mol. The average Bonchev–Trinajstić information content (AvgIpc) is 2.81. The van der Waals surface area contributed by atoms with Gasteiger partial charge in [-0.2, -0.15) is 0 Å². The number of hydrogen-bond acceptors (Lipinski definition) is 3. The highest BCUT2D eigenvalue weighted by Crippen LogP contribution is 2.45. The normalized spacial score (nSPS) is 31.6. The molecule has 0 aromatic heterocycles. The van der Waals surface area contributed by atoms with Crippen molar-refractivity contribution < 1.29 is 14.3 Å². The van der Waals surface area contributed by atoms with Crippen LogP contribution in [0.4, 0.5) is 0 Å². The predicted octanol–water partition coefficient (Wildman–Crippen LogP) is 2.94. The molecule has 1 fully saturated rings. The van der Waals surface area contributed by atoms with E-state index in [0.29, 0.717) is 19.0 Å². The number of rotatable bonds is 4. The standard InChI is InChI=1S/C15H24O3Si/c1-6-7-8-17-15-12-11(9-18-15)10(2)13(16)14(12)19(3,4)5/h6-7,10-11,15H,8-9H2,1-5H3/b7-6+/t10-,11-,15+/m1/s1. The first-order valence-electron chi connectivity index (χ1n) is 7.01. The molecule has 0 N–H and O–H groups in total. The fourth-order valence-corrected chi connectivity index (χ4v) is 5.13. The molecule has 1 heterocycles. The van der Waals surface area contributed by atoms with E-state index in [4.69, 9.17) is 9.47 Å². The van der Waals surface area contributed by atoms with Gasteiger partial charge in [-0.25, -0.2) is 0 Å². The minimum atomic E-state index is -1.65. The zero-order valence-corrected chi connectivity index (χ0v) is 13.5. The van der Waals surface area contributed by atoms with Crippen molar-refractivity contribution in [3.8, 4) is 0 Å². The lowest BCUT2D eigenvalue weighted by molar-refractivity contribution is -0.119. The summed E-state index contributed by atoms with van der Waals surface area (Å²) in [5.41, 5.74) is 1.15. The summed E-state index contributed by atoms with van der Waals surface area (Å²) < 4.78 is 11.5. The Balaban J connectivity index is 2.31. The van der Waals surface area contributed by atoms with Crippen molar-refractivity contribution in [1.82, 2.24) is 0 Å². The van der Waals surface area contributed by atoms with Crippen molar-refractivity contribution in [2.45, 2.75) is 39.8 Å². The number of fused-ring (bicyclic) bond motifs is 1. The van der Waals surface area contributed by atoms with Crippen LogP contribution in [0.5, 0.6) is 0 Å². The van der Waals surface area contributed by atoms with Crippen LogP contribution in [0, 0.1) is 11.8 Å². The first-order chi connectivity index (χ1) is 8.88. The summed E-state index contributed by atoms with van der Waals surface area (Å²) in [6.45, 7) is 11.8. The van der Waals surface area contributed by atoms with E-state index >= 15 is 0 Å². The summed E-state index contributed by atoms with van der Waals surface area (Å²) in [5, 5.41) is 1.06. The van der Waals surface area contributed by atoms with Crippen LogP contribution in [0.2, 0.25) is 19.6 Å². The Kier molecular flexibility index (Phi) is 4.13. The third kappa shape index (κ3) is 2.62. The smallest absolute Gasteiger partial charge is 0.180 e. The van der Waals surface area contributed by atoms with Gasteiger partial charge in [0.05, 0.1) is 21.3 Å². The van der Waals surface area contributed by atoms with Gasteiger partial charge in [-0.15, -0.1) is 0 Å². The van der Waals surface area contributed by atoms with Gasteiger partial charge < -0.3 is 9.47 Å². The summed E-state index contributed by atoms with van der Waals surface area (Å²) in [6, 6.07) is 0. The maximum absolute atomic E-state index is 12.5. The Labute approximate surface area is 116 Å². The molecule has 19 heavy (non-hydrogen) atoms. The summed E-state index contributed by atoms with van der Waals surface area (Å²) in [6.07, 6.45) is 3.62. The maximum Gasteiger partial charge on any atom is 0.180 e. The van der Waals surface area contributed by atoms with E-state index in [9.17, 15) is 4.79 Å². The molecule has 0 aromatic carbocycles. The molecule has 0 spiro atoms. The Bertz CT molecular complexity index is 431. The summed E-state index contributed by atoms with van der Waals surface area (Å²) in [5.74, 6) is 0.638. The molecule has 3 nitrogen and oxygen atoms in total. The first kappa shape index (κ1) is 14.7. The van der Waals surface area contributed by atoms with Crippen molar-refractivity contribution in [2.75, 3.05) is 13.2 Å². The van der Waals surface area contributed by atoms with Gasteiger partial charge in [0.15, 0.2) is 12.1 Å². The zero-order chi connectivity index (χ0) is 14.2. The van der Waals surface area contributed by atoms with Crippen LogP contribution in [-0.4, -0.2) is 33.4 Å². The molecule has 0 aromatic rings. The Morgan fingerprint density at radius 1 is 1.42 bits per heavy atom. The molecule has 0 unspecified atom stereocenters. The van der Waals surface area contributed by atoms with Gasteiger partial charge in [0, 0.05) is 11.8 Å². The van der Waals surface area contributed by atoms with Crippen LogP contribution >= 0.6 is 0 Å². The monoisotopic (exact) mass is 280 g/mol. The molecule has 2 rings (SSSR count). The number of hydrogen-bond donors (Lipinski definition) is 0. The van der Waals surface area contributed by atoms with Crippen LogP contribution in [0.3, 0.4) is 0 Å². The van der Waals surface area contributed by atoms with E-state index < -0.39 is 8.07 Å². The molecular formula is C15H24O3Si. The third-order valence-electron chi connectivity index (χ3n) is 3.96. The van der Waals surface area contributed by atoms with E-state index in [2.05, 4.69) is 19.6 Å². The van der Waals surface area contributed by atoms with E-state index in [0.717, 1.165) is 10.8 Å². The van der Waals surface area contributed by atoms with Gasteiger partial charge in [0.2, 0.25) is 0 Å².